The van der Waals surface area contributed by atoms with Gasteiger partial charge in [0.1, 0.15) is 6.54 Å². The van der Waals surface area contributed by atoms with Crippen LogP contribution >= 0.6 is 12.2 Å². The number of carbonyl (C=O) groups excluding carboxylic acids is 2. The largest absolute Gasteiger partial charge is 0.325 e. The van der Waals surface area contributed by atoms with Crippen molar-refractivity contribution in [2.45, 2.75) is 13.5 Å². The molecule has 3 amide bonds. The number of anilines is 3. The number of benzene rings is 3. The van der Waals surface area contributed by atoms with E-state index in [4.69, 9.17) is 12.2 Å². The quantitative estimate of drug-likeness (QED) is 0.298. The van der Waals surface area contributed by atoms with Gasteiger partial charge < -0.3 is 16.0 Å². The van der Waals surface area contributed by atoms with Crippen LogP contribution in [-0.4, -0.2) is 26.7 Å². The van der Waals surface area contributed by atoms with Gasteiger partial charge in [-0.05, 0) is 55.5 Å². The lowest BCUT2D eigenvalue weighted by Gasteiger charge is -2.10. The average Bonchev–Trinajstić information content (AvgIpc) is 3.16. The highest BCUT2D eigenvalue weighted by Crippen LogP contribution is 2.19. The topological polar surface area (TPSA) is 104 Å². The van der Waals surface area contributed by atoms with Gasteiger partial charge in [-0.25, -0.2) is 4.79 Å². The van der Waals surface area contributed by atoms with E-state index in [9.17, 15) is 9.59 Å². The van der Waals surface area contributed by atoms with E-state index in [1.807, 2.05) is 49.4 Å². The molecular formula is C24H22N6O2S. The van der Waals surface area contributed by atoms with Gasteiger partial charge in [-0.2, -0.15) is 5.10 Å². The highest BCUT2D eigenvalue weighted by Gasteiger charge is 2.13. The number of aromatic amines is 1. The molecule has 4 aromatic rings. The Morgan fingerprint density at radius 1 is 0.848 bits per heavy atom. The molecule has 1 aromatic heterocycles. The number of urea groups is 1. The third-order valence-electron chi connectivity index (χ3n) is 4.83. The average molecular weight is 459 g/mol. The van der Waals surface area contributed by atoms with Gasteiger partial charge >= 0.3 is 6.03 Å². The molecule has 1 heterocycles. The molecule has 0 saturated carbocycles. The van der Waals surface area contributed by atoms with Crippen LogP contribution in [0.2, 0.25) is 0 Å². The molecule has 0 aliphatic carbocycles. The maximum Gasteiger partial charge on any atom is 0.323 e. The van der Waals surface area contributed by atoms with E-state index in [0.717, 1.165) is 11.1 Å². The van der Waals surface area contributed by atoms with Gasteiger partial charge in [0.25, 0.3) is 0 Å². The second kappa shape index (κ2) is 9.92. The second-order valence-electron chi connectivity index (χ2n) is 7.38. The Morgan fingerprint density at radius 2 is 1.42 bits per heavy atom. The molecule has 0 saturated heterocycles. The minimum absolute atomic E-state index is 0.0119. The van der Waals surface area contributed by atoms with Crippen molar-refractivity contribution in [2.75, 3.05) is 16.0 Å². The van der Waals surface area contributed by atoms with Gasteiger partial charge in [0.15, 0.2) is 10.6 Å². The normalized spacial score (nSPS) is 10.5. The van der Waals surface area contributed by atoms with Gasteiger partial charge in [-0.15, -0.1) is 0 Å². The van der Waals surface area contributed by atoms with Crippen LogP contribution in [0.5, 0.6) is 0 Å². The van der Waals surface area contributed by atoms with Crippen molar-refractivity contribution in [3.63, 3.8) is 0 Å². The summed E-state index contributed by atoms with van der Waals surface area (Å²) in [4.78, 5) is 24.7. The molecular weight excluding hydrogens is 436 g/mol. The fraction of sp³-hybridized carbons (Fsp3) is 0.0833. The number of nitrogens with zero attached hydrogens (tertiary/aromatic N) is 2. The molecule has 0 aliphatic heterocycles. The lowest BCUT2D eigenvalue weighted by atomic mass is 10.1. The third kappa shape index (κ3) is 5.72. The maximum atomic E-state index is 12.6. The van der Waals surface area contributed by atoms with Gasteiger partial charge in [0.05, 0.1) is 0 Å². The monoisotopic (exact) mass is 458 g/mol. The van der Waals surface area contributed by atoms with Crippen LogP contribution in [0.15, 0.2) is 78.9 Å². The summed E-state index contributed by atoms with van der Waals surface area (Å²) >= 11 is 5.30. The van der Waals surface area contributed by atoms with Gasteiger partial charge in [0, 0.05) is 22.6 Å². The first kappa shape index (κ1) is 22.0. The molecule has 4 N–H and O–H groups in total. The third-order valence-corrected chi connectivity index (χ3v) is 5.14. The van der Waals surface area contributed by atoms with Crippen LogP contribution in [-0.2, 0) is 11.3 Å². The predicted molar refractivity (Wildman–Crippen MR) is 132 cm³/mol. The Labute approximate surface area is 195 Å². The molecule has 8 nitrogen and oxygen atoms in total. The zero-order valence-corrected chi connectivity index (χ0v) is 18.6. The second-order valence-corrected chi connectivity index (χ2v) is 7.76. The summed E-state index contributed by atoms with van der Waals surface area (Å²) in [6.07, 6.45) is 0. The smallest absolute Gasteiger partial charge is 0.323 e. The van der Waals surface area contributed by atoms with E-state index in [-0.39, 0.29) is 18.5 Å². The SMILES string of the molecule is Cc1ccc(-c2n[nH]c(=S)n2CC(=O)Nc2ccc(NC(=O)Nc3ccccc3)cc2)cc1. The molecule has 166 valence electrons. The fourth-order valence-corrected chi connectivity index (χ4v) is 3.38. The molecule has 0 radical (unpaired) electrons. The number of nitrogens with one attached hydrogen (secondary N) is 4. The van der Waals surface area contributed by atoms with Crippen LogP contribution in [0.3, 0.4) is 0 Å². The van der Waals surface area contributed by atoms with Crippen LogP contribution < -0.4 is 16.0 Å². The van der Waals surface area contributed by atoms with Crippen LogP contribution in [0, 0.1) is 11.7 Å². The van der Waals surface area contributed by atoms with E-state index in [1.165, 1.54) is 0 Å². The Balaban J connectivity index is 1.37. The summed E-state index contributed by atoms with van der Waals surface area (Å²) in [6.45, 7) is 2.02. The van der Waals surface area contributed by atoms with Crippen molar-refractivity contribution in [1.29, 1.82) is 0 Å². The summed E-state index contributed by atoms with van der Waals surface area (Å²) in [5.74, 6) is 0.350. The van der Waals surface area contributed by atoms with Crippen LogP contribution in [0.4, 0.5) is 21.9 Å². The first-order chi connectivity index (χ1) is 16.0. The highest BCUT2D eigenvalue weighted by molar-refractivity contribution is 7.71. The van der Waals surface area contributed by atoms with Crippen molar-refractivity contribution in [3.05, 3.63) is 89.2 Å². The van der Waals surface area contributed by atoms with Gasteiger partial charge in [-0.1, -0.05) is 48.0 Å². The summed E-state index contributed by atoms with van der Waals surface area (Å²) in [5.41, 5.74) is 3.89. The molecule has 0 bridgehead atoms. The van der Waals surface area contributed by atoms with E-state index < -0.39 is 0 Å². The van der Waals surface area contributed by atoms with Crippen molar-refractivity contribution >= 4 is 41.2 Å². The number of rotatable bonds is 6. The molecule has 33 heavy (non-hydrogen) atoms. The number of aryl methyl sites for hydroxylation is 1. The lowest BCUT2D eigenvalue weighted by Crippen LogP contribution is -2.20. The molecule has 0 fully saturated rings. The van der Waals surface area contributed by atoms with Crippen molar-refractivity contribution < 1.29 is 9.59 Å². The number of aromatic nitrogens is 3. The van der Waals surface area contributed by atoms with E-state index in [2.05, 4.69) is 26.1 Å². The van der Waals surface area contributed by atoms with E-state index in [0.29, 0.717) is 27.7 Å². The van der Waals surface area contributed by atoms with Crippen LogP contribution in [0.1, 0.15) is 5.56 Å². The summed E-state index contributed by atoms with van der Waals surface area (Å²) in [6, 6.07) is 23.5. The number of carbonyl (C=O) groups is 2. The van der Waals surface area contributed by atoms with E-state index >= 15 is 0 Å². The Bertz CT molecular complexity index is 1310. The Kier molecular flexibility index (Phi) is 6.61. The zero-order valence-electron chi connectivity index (χ0n) is 17.8. The first-order valence-corrected chi connectivity index (χ1v) is 10.6. The first-order valence-electron chi connectivity index (χ1n) is 10.2. The molecule has 4 rings (SSSR count). The van der Waals surface area contributed by atoms with Gasteiger partial charge in [0.2, 0.25) is 5.91 Å². The lowest BCUT2D eigenvalue weighted by molar-refractivity contribution is -0.116. The summed E-state index contributed by atoms with van der Waals surface area (Å²) < 4.78 is 2.02. The van der Waals surface area contributed by atoms with Crippen molar-refractivity contribution in [3.8, 4) is 11.4 Å². The minimum Gasteiger partial charge on any atom is -0.325 e. The van der Waals surface area contributed by atoms with Crippen LogP contribution in [0.25, 0.3) is 11.4 Å². The summed E-state index contributed by atoms with van der Waals surface area (Å²) in [7, 11) is 0. The molecule has 0 aliphatic rings. The minimum atomic E-state index is -0.351. The molecule has 3 aromatic carbocycles. The standard InChI is InChI=1S/C24H22N6O2S/c1-16-7-9-17(10-8-16)22-28-29-24(33)30(22)15-21(31)25-19-11-13-20(14-12-19)27-23(32)26-18-5-3-2-4-6-18/h2-14H,15H2,1H3,(H,25,31)(H,29,33)(H2,26,27,32). The van der Waals surface area contributed by atoms with Crippen molar-refractivity contribution in [2.24, 2.45) is 0 Å². The number of hydrogen-bond acceptors (Lipinski definition) is 4. The van der Waals surface area contributed by atoms with Crippen molar-refractivity contribution in [1.82, 2.24) is 14.8 Å². The molecule has 9 heteroatoms. The van der Waals surface area contributed by atoms with E-state index in [1.54, 1.807) is 41.0 Å². The molecule has 0 spiro atoms. The fourth-order valence-electron chi connectivity index (χ4n) is 3.18. The summed E-state index contributed by atoms with van der Waals surface area (Å²) in [5, 5.41) is 15.4. The molecule has 0 unspecified atom stereocenters. The highest BCUT2D eigenvalue weighted by atomic mass is 32.1. The molecule has 0 atom stereocenters. The number of amides is 3. The zero-order chi connectivity index (χ0) is 23.2. The predicted octanol–water partition coefficient (Wildman–Crippen LogP) is 5.20. The number of H-pyrrole nitrogens is 1. The Hall–Kier alpha value is -4.24. The number of hydrogen-bond donors (Lipinski definition) is 4. The van der Waals surface area contributed by atoms with Gasteiger partial charge in [-0.3, -0.25) is 14.5 Å². The Morgan fingerprint density at radius 3 is 2.06 bits per heavy atom. The number of para-hydroxylation sites is 1. The maximum absolute atomic E-state index is 12.6.